The van der Waals surface area contributed by atoms with Gasteiger partial charge in [-0.3, -0.25) is 4.79 Å². The summed E-state index contributed by atoms with van der Waals surface area (Å²) in [5.74, 6) is 0.657. The minimum absolute atomic E-state index is 0.0779. The average molecular weight is 297 g/mol. The van der Waals surface area contributed by atoms with Crippen LogP contribution in [0.4, 0.5) is 0 Å². The molecule has 3 nitrogen and oxygen atoms in total. The van der Waals surface area contributed by atoms with E-state index < -0.39 is 6.10 Å². The lowest BCUT2D eigenvalue weighted by Gasteiger charge is -2.17. The van der Waals surface area contributed by atoms with Gasteiger partial charge in [-0.15, -0.1) is 0 Å². The Bertz CT molecular complexity index is 578. The third kappa shape index (κ3) is 4.62. The van der Waals surface area contributed by atoms with Crippen LogP contribution in [0.2, 0.25) is 0 Å². The Morgan fingerprint density at radius 2 is 1.68 bits per heavy atom. The van der Waals surface area contributed by atoms with Crippen LogP contribution in [-0.4, -0.2) is 12.0 Å². The number of rotatable bonds is 7. The number of carbonyl (C=O) groups is 1. The van der Waals surface area contributed by atoms with Crippen molar-refractivity contribution in [1.29, 1.82) is 0 Å². The molecule has 0 heterocycles. The van der Waals surface area contributed by atoms with E-state index in [-0.39, 0.29) is 5.91 Å². The van der Waals surface area contributed by atoms with Crippen LogP contribution in [0.5, 0.6) is 5.75 Å². The molecule has 0 aliphatic heterocycles. The number of nitrogens with one attached hydrogen (secondary N) is 1. The van der Waals surface area contributed by atoms with E-state index in [0.29, 0.717) is 13.0 Å². The van der Waals surface area contributed by atoms with Crippen molar-refractivity contribution in [3.8, 4) is 5.75 Å². The maximum absolute atomic E-state index is 12.2. The molecule has 0 radical (unpaired) electrons. The molecule has 1 N–H and O–H groups in total. The lowest BCUT2D eigenvalue weighted by molar-refractivity contribution is -0.128. The van der Waals surface area contributed by atoms with Crippen LogP contribution in [0.3, 0.4) is 0 Å². The molecule has 0 fully saturated rings. The topological polar surface area (TPSA) is 38.3 Å². The predicted octanol–water partition coefficient (Wildman–Crippen LogP) is 3.72. The highest BCUT2D eigenvalue weighted by Crippen LogP contribution is 2.15. The molecule has 1 amide bonds. The van der Waals surface area contributed by atoms with Crippen LogP contribution in [-0.2, 0) is 17.8 Å². The molecule has 2 aromatic carbocycles. The quantitative estimate of drug-likeness (QED) is 0.846. The van der Waals surface area contributed by atoms with E-state index in [4.69, 9.17) is 4.74 Å². The lowest BCUT2D eigenvalue weighted by Crippen LogP contribution is -2.37. The van der Waals surface area contributed by atoms with Crippen LogP contribution < -0.4 is 10.1 Å². The summed E-state index contributed by atoms with van der Waals surface area (Å²) in [6.45, 7) is 4.59. The van der Waals surface area contributed by atoms with Gasteiger partial charge >= 0.3 is 0 Å². The van der Waals surface area contributed by atoms with Crippen molar-refractivity contribution in [2.75, 3.05) is 0 Å². The molecule has 0 aliphatic rings. The van der Waals surface area contributed by atoms with Crippen molar-refractivity contribution < 1.29 is 9.53 Å². The largest absolute Gasteiger partial charge is 0.481 e. The molecule has 1 atom stereocenters. The standard InChI is InChI=1S/C19H23NO2/c1-3-15-10-12-17(13-11-15)22-18(4-2)19(21)20-14-16-8-6-5-7-9-16/h5-13,18H,3-4,14H2,1-2H3,(H,20,21). The number of ether oxygens (including phenoxy) is 1. The van der Waals surface area contributed by atoms with Crippen molar-refractivity contribution in [2.24, 2.45) is 0 Å². The first-order valence-corrected chi connectivity index (χ1v) is 7.80. The Balaban J connectivity index is 1.90. The summed E-state index contributed by atoms with van der Waals surface area (Å²) in [6.07, 6.45) is 1.17. The van der Waals surface area contributed by atoms with Gasteiger partial charge in [0.25, 0.3) is 5.91 Å². The van der Waals surface area contributed by atoms with Crippen molar-refractivity contribution in [2.45, 2.75) is 39.3 Å². The first-order valence-electron chi connectivity index (χ1n) is 7.80. The zero-order valence-corrected chi connectivity index (χ0v) is 13.2. The number of amides is 1. The summed E-state index contributed by atoms with van der Waals surface area (Å²) in [7, 11) is 0. The van der Waals surface area contributed by atoms with Crippen LogP contribution in [0.25, 0.3) is 0 Å². The predicted molar refractivity (Wildman–Crippen MR) is 88.8 cm³/mol. The molecular formula is C19H23NO2. The Kier molecular flexibility index (Phi) is 6.01. The molecule has 0 saturated heterocycles. The van der Waals surface area contributed by atoms with Gasteiger partial charge < -0.3 is 10.1 Å². The molecule has 2 rings (SSSR count). The van der Waals surface area contributed by atoms with Crippen molar-refractivity contribution in [3.05, 3.63) is 65.7 Å². The maximum Gasteiger partial charge on any atom is 0.261 e. The molecule has 2 aromatic rings. The molecule has 0 spiro atoms. The van der Waals surface area contributed by atoms with Crippen LogP contribution in [0.1, 0.15) is 31.4 Å². The number of aryl methyl sites for hydroxylation is 1. The Morgan fingerprint density at radius 1 is 1.00 bits per heavy atom. The van der Waals surface area contributed by atoms with Gasteiger partial charge in [-0.2, -0.15) is 0 Å². The van der Waals surface area contributed by atoms with E-state index in [1.54, 1.807) is 0 Å². The summed E-state index contributed by atoms with van der Waals surface area (Å²) in [4.78, 5) is 12.2. The molecule has 0 aliphatic carbocycles. The van der Waals surface area contributed by atoms with Gasteiger partial charge in [-0.05, 0) is 36.1 Å². The number of hydrogen-bond donors (Lipinski definition) is 1. The third-order valence-electron chi connectivity index (χ3n) is 3.58. The fourth-order valence-corrected chi connectivity index (χ4v) is 2.19. The smallest absolute Gasteiger partial charge is 0.261 e. The number of hydrogen-bond acceptors (Lipinski definition) is 2. The summed E-state index contributed by atoms with van der Waals surface area (Å²) >= 11 is 0. The lowest BCUT2D eigenvalue weighted by atomic mass is 10.1. The highest BCUT2D eigenvalue weighted by Gasteiger charge is 2.17. The van der Waals surface area contributed by atoms with Gasteiger partial charge in [0.1, 0.15) is 5.75 Å². The fourth-order valence-electron chi connectivity index (χ4n) is 2.19. The minimum atomic E-state index is -0.462. The SMILES string of the molecule is CCc1ccc(OC(CC)C(=O)NCc2ccccc2)cc1. The maximum atomic E-state index is 12.2. The normalized spacial score (nSPS) is 11.7. The fraction of sp³-hybridized carbons (Fsp3) is 0.316. The van der Waals surface area contributed by atoms with Crippen molar-refractivity contribution >= 4 is 5.91 Å². The second kappa shape index (κ2) is 8.23. The highest BCUT2D eigenvalue weighted by molar-refractivity contribution is 5.81. The summed E-state index contributed by atoms with van der Waals surface area (Å²) in [5, 5.41) is 2.93. The monoisotopic (exact) mass is 297 g/mol. The second-order valence-corrected chi connectivity index (χ2v) is 5.22. The molecule has 22 heavy (non-hydrogen) atoms. The van der Waals surface area contributed by atoms with E-state index in [0.717, 1.165) is 17.7 Å². The first kappa shape index (κ1) is 16.1. The van der Waals surface area contributed by atoms with Crippen LogP contribution >= 0.6 is 0 Å². The Morgan fingerprint density at radius 3 is 2.27 bits per heavy atom. The van der Waals surface area contributed by atoms with Gasteiger partial charge in [-0.25, -0.2) is 0 Å². The van der Waals surface area contributed by atoms with Crippen molar-refractivity contribution in [1.82, 2.24) is 5.32 Å². The summed E-state index contributed by atoms with van der Waals surface area (Å²) in [6, 6.07) is 17.8. The van der Waals surface area contributed by atoms with Gasteiger partial charge in [0.2, 0.25) is 0 Å². The molecule has 116 valence electrons. The second-order valence-electron chi connectivity index (χ2n) is 5.22. The molecule has 0 bridgehead atoms. The first-order chi connectivity index (χ1) is 10.7. The van der Waals surface area contributed by atoms with Gasteiger partial charge in [-0.1, -0.05) is 56.3 Å². The van der Waals surface area contributed by atoms with Crippen molar-refractivity contribution in [3.63, 3.8) is 0 Å². The van der Waals surface area contributed by atoms with E-state index in [1.165, 1.54) is 5.56 Å². The average Bonchev–Trinajstić information content (AvgIpc) is 2.59. The van der Waals surface area contributed by atoms with E-state index in [2.05, 4.69) is 12.2 Å². The Labute approximate surface area is 132 Å². The molecular weight excluding hydrogens is 274 g/mol. The van der Waals surface area contributed by atoms with Gasteiger partial charge in [0.15, 0.2) is 6.10 Å². The van der Waals surface area contributed by atoms with E-state index in [9.17, 15) is 4.79 Å². The summed E-state index contributed by atoms with van der Waals surface area (Å²) < 4.78 is 5.80. The zero-order valence-electron chi connectivity index (χ0n) is 13.2. The molecule has 0 saturated carbocycles. The Hall–Kier alpha value is -2.29. The van der Waals surface area contributed by atoms with E-state index >= 15 is 0 Å². The van der Waals surface area contributed by atoms with Crippen LogP contribution in [0, 0.1) is 0 Å². The number of benzene rings is 2. The van der Waals surface area contributed by atoms with Gasteiger partial charge in [0.05, 0.1) is 0 Å². The minimum Gasteiger partial charge on any atom is -0.481 e. The zero-order chi connectivity index (χ0) is 15.8. The summed E-state index contributed by atoms with van der Waals surface area (Å²) in [5.41, 5.74) is 2.34. The highest BCUT2D eigenvalue weighted by atomic mass is 16.5. The number of carbonyl (C=O) groups excluding carboxylic acids is 1. The van der Waals surface area contributed by atoms with E-state index in [1.807, 2.05) is 61.5 Å². The molecule has 0 aromatic heterocycles. The van der Waals surface area contributed by atoms with Gasteiger partial charge in [0, 0.05) is 6.54 Å². The van der Waals surface area contributed by atoms with Crippen LogP contribution in [0.15, 0.2) is 54.6 Å². The molecule has 3 heteroatoms. The molecule has 1 unspecified atom stereocenters. The third-order valence-corrected chi connectivity index (χ3v) is 3.58.